The van der Waals surface area contributed by atoms with Gasteiger partial charge in [0, 0.05) is 7.11 Å². The summed E-state index contributed by atoms with van der Waals surface area (Å²) in [5.74, 6) is 0. The van der Waals surface area contributed by atoms with E-state index in [2.05, 4.69) is 15.6 Å². The standard InChI is InChI=1S/C4H9O3P/c1-3-4-7-8(5)6-2/h3,8H,1,4H2,2H3. The summed E-state index contributed by atoms with van der Waals surface area (Å²) in [6.45, 7) is 3.65. The van der Waals surface area contributed by atoms with Crippen LogP contribution < -0.4 is 0 Å². The molecule has 1 unspecified atom stereocenters. The maximum Gasteiger partial charge on any atom is 0.319 e. The number of rotatable bonds is 4. The second-order valence-electron chi connectivity index (χ2n) is 1.05. The maximum atomic E-state index is 10.3. The second kappa shape index (κ2) is 5.04. The highest BCUT2D eigenvalue weighted by atomic mass is 31.1. The SMILES string of the molecule is C=CCO[PH](=O)OC. The van der Waals surface area contributed by atoms with Crippen molar-refractivity contribution in [2.75, 3.05) is 13.7 Å². The fourth-order valence-corrected chi connectivity index (χ4v) is 0.558. The zero-order valence-corrected chi connectivity index (χ0v) is 5.72. The first-order chi connectivity index (χ1) is 3.81. The zero-order valence-electron chi connectivity index (χ0n) is 4.72. The summed E-state index contributed by atoms with van der Waals surface area (Å²) in [5.41, 5.74) is 0. The molecule has 0 aromatic carbocycles. The van der Waals surface area contributed by atoms with Crippen molar-refractivity contribution in [2.45, 2.75) is 0 Å². The third-order valence-corrected chi connectivity index (χ3v) is 1.22. The van der Waals surface area contributed by atoms with E-state index < -0.39 is 8.25 Å². The van der Waals surface area contributed by atoms with Crippen LogP contribution in [0.1, 0.15) is 0 Å². The van der Waals surface area contributed by atoms with Crippen molar-refractivity contribution < 1.29 is 13.6 Å². The molecule has 8 heavy (non-hydrogen) atoms. The predicted octanol–water partition coefficient (Wildman–Crippen LogP) is 1.23. The van der Waals surface area contributed by atoms with E-state index in [0.717, 1.165) is 0 Å². The van der Waals surface area contributed by atoms with Crippen LogP contribution in [0.15, 0.2) is 12.7 Å². The summed E-state index contributed by atoms with van der Waals surface area (Å²) in [6, 6.07) is 0. The minimum absolute atomic E-state index is 0.283. The van der Waals surface area contributed by atoms with Crippen LogP contribution in [0.4, 0.5) is 0 Å². The molecule has 0 amide bonds. The molecule has 0 heterocycles. The molecule has 0 aromatic heterocycles. The first-order valence-corrected chi connectivity index (χ1v) is 3.35. The lowest BCUT2D eigenvalue weighted by Gasteiger charge is -1.94. The lowest BCUT2D eigenvalue weighted by Crippen LogP contribution is -1.78. The molecule has 1 atom stereocenters. The molecule has 0 N–H and O–H groups in total. The van der Waals surface area contributed by atoms with Crippen LogP contribution in [0.3, 0.4) is 0 Å². The van der Waals surface area contributed by atoms with Gasteiger partial charge in [-0.15, -0.1) is 6.58 Å². The van der Waals surface area contributed by atoms with E-state index >= 15 is 0 Å². The summed E-state index contributed by atoms with van der Waals surface area (Å²) in [4.78, 5) is 0. The fourth-order valence-electron chi connectivity index (χ4n) is 0.186. The Balaban J connectivity index is 3.11. The van der Waals surface area contributed by atoms with E-state index in [1.165, 1.54) is 13.2 Å². The summed E-state index contributed by atoms with van der Waals surface area (Å²) < 4.78 is 19.1. The van der Waals surface area contributed by atoms with Crippen molar-refractivity contribution in [3.8, 4) is 0 Å². The topological polar surface area (TPSA) is 35.5 Å². The van der Waals surface area contributed by atoms with Gasteiger partial charge in [-0.05, 0) is 0 Å². The van der Waals surface area contributed by atoms with E-state index in [4.69, 9.17) is 0 Å². The molecule has 0 bridgehead atoms. The number of hydrogen-bond acceptors (Lipinski definition) is 3. The van der Waals surface area contributed by atoms with Crippen LogP contribution in [-0.4, -0.2) is 13.7 Å². The zero-order chi connectivity index (χ0) is 6.41. The summed E-state index contributed by atoms with van der Waals surface area (Å²) in [5, 5.41) is 0. The third kappa shape index (κ3) is 4.06. The Morgan fingerprint density at radius 1 is 1.88 bits per heavy atom. The van der Waals surface area contributed by atoms with E-state index in [1.54, 1.807) is 0 Å². The van der Waals surface area contributed by atoms with Gasteiger partial charge in [0.15, 0.2) is 0 Å². The van der Waals surface area contributed by atoms with Crippen molar-refractivity contribution in [1.82, 2.24) is 0 Å². The van der Waals surface area contributed by atoms with Gasteiger partial charge in [0.2, 0.25) is 0 Å². The average Bonchev–Trinajstić information content (AvgIpc) is 1.83. The van der Waals surface area contributed by atoms with Gasteiger partial charge in [-0.3, -0.25) is 4.57 Å². The lowest BCUT2D eigenvalue weighted by molar-refractivity contribution is 0.280. The lowest BCUT2D eigenvalue weighted by atomic mass is 10.7. The van der Waals surface area contributed by atoms with E-state index in [0.29, 0.717) is 0 Å². The first kappa shape index (κ1) is 7.89. The molecule has 3 nitrogen and oxygen atoms in total. The van der Waals surface area contributed by atoms with Gasteiger partial charge in [-0.25, -0.2) is 0 Å². The fraction of sp³-hybridized carbons (Fsp3) is 0.500. The molecular formula is C4H9O3P. The van der Waals surface area contributed by atoms with E-state index in [9.17, 15) is 4.57 Å². The molecule has 0 radical (unpaired) electrons. The Kier molecular flexibility index (Phi) is 4.97. The van der Waals surface area contributed by atoms with Crippen molar-refractivity contribution in [1.29, 1.82) is 0 Å². The summed E-state index contributed by atoms with van der Waals surface area (Å²) >= 11 is 0. The number of hydrogen-bond donors (Lipinski definition) is 0. The van der Waals surface area contributed by atoms with Crippen LogP contribution in [0.2, 0.25) is 0 Å². The van der Waals surface area contributed by atoms with Crippen LogP contribution >= 0.6 is 8.25 Å². The molecule has 0 aliphatic heterocycles. The molecule has 4 heteroatoms. The Labute approximate surface area is 49.2 Å². The van der Waals surface area contributed by atoms with Crippen LogP contribution in [0, 0.1) is 0 Å². The van der Waals surface area contributed by atoms with Gasteiger partial charge in [0.1, 0.15) is 0 Å². The molecule has 0 rings (SSSR count). The van der Waals surface area contributed by atoms with Gasteiger partial charge in [-0.2, -0.15) is 0 Å². The monoisotopic (exact) mass is 136 g/mol. The largest absolute Gasteiger partial charge is 0.319 e. The molecule has 0 fully saturated rings. The predicted molar refractivity (Wildman–Crippen MR) is 32.2 cm³/mol. The molecule has 0 aromatic rings. The normalized spacial score (nSPS) is 13.1. The quantitative estimate of drug-likeness (QED) is 0.430. The third-order valence-electron chi connectivity index (χ3n) is 0.486. The van der Waals surface area contributed by atoms with Crippen molar-refractivity contribution in [2.24, 2.45) is 0 Å². The van der Waals surface area contributed by atoms with Crippen LogP contribution in [-0.2, 0) is 13.6 Å². The Bertz CT molecular complexity index is 91.3. The van der Waals surface area contributed by atoms with E-state index in [1.807, 2.05) is 0 Å². The minimum atomic E-state index is -2.21. The first-order valence-electron chi connectivity index (χ1n) is 2.13. The van der Waals surface area contributed by atoms with Gasteiger partial charge in [0.25, 0.3) is 0 Å². The molecule has 0 saturated heterocycles. The molecule has 0 saturated carbocycles. The maximum absolute atomic E-state index is 10.3. The smallest absolute Gasteiger partial charge is 0.314 e. The van der Waals surface area contributed by atoms with Crippen LogP contribution in [0.5, 0.6) is 0 Å². The minimum Gasteiger partial charge on any atom is -0.314 e. The Hall–Kier alpha value is -0.110. The average molecular weight is 136 g/mol. The van der Waals surface area contributed by atoms with Gasteiger partial charge in [0.05, 0.1) is 6.61 Å². The second-order valence-corrected chi connectivity index (χ2v) is 2.25. The van der Waals surface area contributed by atoms with Gasteiger partial charge < -0.3 is 9.05 Å². The van der Waals surface area contributed by atoms with Crippen molar-refractivity contribution in [3.63, 3.8) is 0 Å². The van der Waals surface area contributed by atoms with Crippen molar-refractivity contribution >= 4 is 8.25 Å². The highest BCUT2D eigenvalue weighted by molar-refractivity contribution is 7.33. The van der Waals surface area contributed by atoms with Crippen molar-refractivity contribution in [3.05, 3.63) is 12.7 Å². The summed E-state index contributed by atoms with van der Waals surface area (Å²) in [7, 11) is -0.875. The molecule has 0 aliphatic carbocycles. The Morgan fingerprint density at radius 2 is 2.50 bits per heavy atom. The molecule has 0 spiro atoms. The van der Waals surface area contributed by atoms with Gasteiger partial charge in [-0.1, -0.05) is 6.08 Å². The Morgan fingerprint density at radius 3 is 2.88 bits per heavy atom. The highest BCUT2D eigenvalue weighted by Crippen LogP contribution is 2.20. The molecule has 48 valence electrons. The van der Waals surface area contributed by atoms with Crippen LogP contribution in [0.25, 0.3) is 0 Å². The molecule has 0 aliphatic rings. The van der Waals surface area contributed by atoms with E-state index in [-0.39, 0.29) is 6.61 Å². The molecular weight excluding hydrogens is 127 g/mol. The van der Waals surface area contributed by atoms with Gasteiger partial charge >= 0.3 is 8.25 Å². The summed E-state index contributed by atoms with van der Waals surface area (Å²) in [6.07, 6.45) is 1.52. The highest BCUT2D eigenvalue weighted by Gasteiger charge is 1.89.